The van der Waals surface area contributed by atoms with E-state index in [9.17, 15) is 4.79 Å². The lowest BCUT2D eigenvalue weighted by Gasteiger charge is -1.92. The number of carbonyl (C=O) groups is 1. The fraction of sp³-hybridized carbons (Fsp3) is 0.500. The first-order valence-corrected chi connectivity index (χ1v) is 2.73. The molecule has 2 heteroatoms. The fourth-order valence-corrected chi connectivity index (χ4v) is 1.12. The van der Waals surface area contributed by atoms with Gasteiger partial charge in [0, 0.05) is 6.42 Å². The Bertz CT molecular complexity index is 160. The molecule has 2 rings (SSSR count). The van der Waals surface area contributed by atoms with E-state index >= 15 is 0 Å². The van der Waals surface area contributed by atoms with Crippen LogP contribution in [0.15, 0.2) is 12.2 Å². The molecular formula is C6H6O2. The maximum atomic E-state index is 10.7. The fourth-order valence-electron chi connectivity index (χ4n) is 1.12. The monoisotopic (exact) mass is 110 g/mol. The normalized spacial score (nSPS) is 41.8. The Balaban J connectivity index is 2.35. The molecule has 8 heavy (non-hydrogen) atoms. The van der Waals surface area contributed by atoms with Crippen molar-refractivity contribution in [3.63, 3.8) is 0 Å². The Kier molecular flexibility index (Phi) is 0.641. The van der Waals surface area contributed by atoms with E-state index in [0.717, 1.165) is 0 Å². The second kappa shape index (κ2) is 1.20. The Labute approximate surface area is 47.1 Å². The molecule has 2 nitrogen and oxygen atoms in total. The minimum atomic E-state index is -0.181. The van der Waals surface area contributed by atoms with Crippen LogP contribution in [0.5, 0.6) is 0 Å². The van der Waals surface area contributed by atoms with Gasteiger partial charge in [0.05, 0.1) is 6.10 Å². The molecule has 0 aromatic rings. The molecular weight excluding hydrogens is 104 g/mol. The molecule has 0 spiro atoms. The van der Waals surface area contributed by atoms with E-state index in [1.54, 1.807) is 0 Å². The standard InChI is InChI=1S/C6H6O2/c7-5-3-4-1-2-6(5)8-4/h1-2,4,6H,3H2/t4-,6-/m1/s1. The van der Waals surface area contributed by atoms with E-state index in [4.69, 9.17) is 4.74 Å². The van der Waals surface area contributed by atoms with Gasteiger partial charge in [0.15, 0.2) is 5.78 Å². The van der Waals surface area contributed by atoms with Gasteiger partial charge < -0.3 is 4.74 Å². The summed E-state index contributed by atoms with van der Waals surface area (Å²) in [7, 11) is 0. The van der Waals surface area contributed by atoms with Crippen LogP contribution in [-0.4, -0.2) is 18.0 Å². The number of hydrogen-bond donors (Lipinski definition) is 0. The van der Waals surface area contributed by atoms with E-state index < -0.39 is 0 Å². The number of rotatable bonds is 0. The van der Waals surface area contributed by atoms with Crippen molar-refractivity contribution in [2.24, 2.45) is 0 Å². The van der Waals surface area contributed by atoms with Gasteiger partial charge >= 0.3 is 0 Å². The van der Waals surface area contributed by atoms with Crippen LogP contribution < -0.4 is 0 Å². The number of carbonyl (C=O) groups excluding carboxylic acids is 1. The van der Waals surface area contributed by atoms with Crippen molar-refractivity contribution in [2.45, 2.75) is 18.6 Å². The third kappa shape index (κ3) is 0.383. The van der Waals surface area contributed by atoms with Crippen LogP contribution >= 0.6 is 0 Å². The van der Waals surface area contributed by atoms with Crippen LogP contribution in [0.3, 0.4) is 0 Å². The summed E-state index contributed by atoms with van der Waals surface area (Å²) in [6.07, 6.45) is 4.32. The zero-order chi connectivity index (χ0) is 5.56. The quantitative estimate of drug-likeness (QED) is 0.419. The van der Waals surface area contributed by atoms with Crippen molar-refractivity contribution < 1.29 is 9.53 Å². The zero-order valence-electron chi connectivity index (χ0n) is 4.33. The van der Waals surface area contributed by atoms with E-state index in [1.165, 1.54) is 0 Å². The summed E-state index contributed by atoms with van der Waals surface area (Å²) in [5, 5.41) is 0. The molecule has 1 saturated heterocycles. The maximum Gasteiger partial charge on any atom is 0.168 e. The lowest BCUT2D eigenvalue weighted by molar-refractivity contribution is -0.120. The molecule has 0 radical (unpaired) electrons. The van der Waals surface area contributed by atoms with Crippen LogP contribution in [0.4, 0.5) is 0 Å². The topological polar surface area (TPSA) is 26.3 Å². The Morgan fingerprint density at radius 2 is 2.50 bits per heavy atom. The van der Waals surface area contributed by atoms with Gasteiger partial charge in [0.25, 0.3) is 0 Å². The van der Waals surface area contributed by atoms with Gasteiger partial charge in [0.2, 0.25) is 0 Å². The highest BCUT2D eigenvalue weighted by Crippen LogP contribution is 2.24. The Hall–Kier alpha value is -0.630. The maximum absolute atomic E-state index is 10.7. The van der Waals surface area contributed by atoms with Crippen molar-refractivity contribution >= 4 is 5.78 Å². The predicted octanol–water partition coefficient (Wildman–Crippen LogP) is 0.283. The molecule has 2 heterocycles. The molecule has 0 saturated carbocycles. The van der Waals surface area contributed by atoms with E-state index in [0.29, 0.717) is 6.42 Å². The average molecular weight is 110 g/mol. The smallest absolute Gasteiger partial charge is 0.168 e. The van der Waals surface area contributed by atoms with Crippen LogP contribution in [0.1, 0.15) is 6.42 Å². The van der Waals surface area contributed by atoms with Crippen molar-refractivity contribution in [3.8, 4) is 0 Å². The van der Waals surface area contributed by atoms with Crippen molar-refractivity contribution in [3.05, 3.63) is 12.2 Å². The van der Waals surface area contributed by atoms with Gasteiger partial charge in [-0.1, -0.05) is 6.08 Å². The molecule has 1 fully saturated rings. The van der Waals surface area contributed by atoms with E-state index in [1.807, 2.05) is 12.2 Å². The third-order valence-corrected chi connectivity index (χ3v) is 1.54. The van der Waals surface area contributed by atoms with Gasteiger partial charge in [-0.3, -0.25) is 4.79 Å². The number of ether oxygens (including phenoxy) is 1. The van der Waals surface area contributed by atoms with Crippen LogP contribution in [0.2, 0.25) is 0 Å². The van der Waals surface area contributed by atoms with Gasteiger partial charge in [0.1, 0.15) is 6.10 Å². The molecule has 0 aliphatic carbocycles. The highest BCUT2D eigenvalue weighted by Gasteiger charge is 2.34. The largest absolute Gasteiger partial charge is 0.359 e. The van der Waals surface area contributed by atoms with E-state index in [2.05, 4.69) is 0 Å². The first kappa shape index (κ1) is 4.27. The van der Waals surface area contributed by atoms with Crippen molar-refractivity contribution in [1.82, 2.24) is 0 Å². The first-order chi connectivity index (χ1) is 3.86. The van der Waals surface area contributed by atoms with Crippen molar-refractivity contribution in [2.75, 3.05) is 0 Å². The van der Waals surface area contributed by atoms with Gasteiger partial charge in [-0.2, -0.15) is 0 Å². The summed E-state index contributed by atoms with van der Waals surface area (Å²) in [5.41, 5.74) is 0. The first-order valence-electron chi connectivity index (χ1n) is 2.73. The van der Waals surface area contributed by atoms with Gasteiger partial charge in [-0.15, -0.1) is 0 Å². The lowest BCUT2D eigenvalue weighted by Crippen LogP contribution is -2.10. The predicted molar refractivity (Wildman–Crippen MR) is 27.4 cm³/mol. The molecule has 42 valence electrons. The zero-order valence-corrected chi connectivity index (χ0v) is 4.33. The summed E-state index contributed by atoms with van der Waals surface area (Å²) in [5.74, 6) is 0.234. The lowest BCUT2D eigenvalue weighted by atomic mass is 10.1. The second-order valence-corrected chi connectivity index (χ2v) is 2.15. The molecule has 0 aromatic carbocycles. The summed E-state index contributed by atoms with van der Waals surface area (Å²) in [6, 6.07) is 0. The number of fused-ring (bicyclic) bond motifs is 2. The Morgan fingerprint density at radius 3 is 2.75 bits per heavy atom. The van der Waals surface area contributed by atoms with Gasteiger partial charge in [-0.25, -0.2) is 0 Å². The van der Waals surface area contributed by atoms with Gasteiger partial charge in [-0.05, 0) is 6.08 Å². The van der Waals surface area contributed by atoms with E-state index in [-0.39, 0.29) is 18.0 Å². The third-order valence-electron chi connectivity index (χ3n) is 1.54. The summed E-state index contributed by atoms with van der Waals surface area (Å²) in [4.78, 5) is 10.7. The van der Waals surface area contributed by atoms with Crippen molar-refractivity contribution in [1.29, 1.82) is 0 Å². The van der Waals surface area contributed by atoms with Crippen LogP contribution in [0.25, 0.3) is 0 Å². The molecule has 0 aromatic heterocycles. The summed E-state index contributed by atoms with van der Waals surface area (Å²) < 4.78 is 5.12. The molecule has 0 amide bonds. The molecule has 2 aliphatic rings. The summed E-state index contributed by atoms with van der Waals surface area (Å²) >= 11 is 0. The van der Waals surface area contributed by atoms with Crippen LogP contribution in [-0.2, 0) is 9.53 Å². The minimum absolute atomic E-state index is 0.118. The molecule has 2 atom stereocenters. The second-order valence-electron chi connectivity index (χ2n) is 2.15. The minimum Gasteiger partial charge on any atom is -0.359 e. The molecule has 0 N–H and O–H groups in total. The number of ketones is 1. The molecule has 2 aliphatic heterocycles. The summed E-state index contributed by atoms with van der Waals surface area (Å²) in [6.45, 7) is 0. The van der Waals surface area contributed by atoms with Crippen LogP contribution in [0, 0.1) is 0 Å². The SMILES string of the molecule is O=C1C[C@H]2C=C[C@H]1O2. The molecule has 2 bridgehead atoms. The highest BCUT2D eigenvalue weighted by atomic mass is 16.5. The average Bonchev–Trinajstić information content (AvgIpc) is 2.23. The number of Topliss-reactive ketones (excluding diaryl/α,β-unsaturated/α-hetero) is 1. The molecule has 0 unspecified atom stereocenters. The Morgan fingerprint density at radius 1 is 1.62 bits per heavy atom. The highest BCUT2D eigenvalue weighted by molar-refractivity contribution is 5.88. The number of hydrogen-bond acceptors (Lipinski definition) is 2.